The van der Waals surface area contributed by atoms with Gasteiger partial charge in [0, 0.05) is 11.9 Å². The number of hydrogen-bond acceptors (Lipinski definition) is 3. The number of nitrogens with zero attached hydrogens (tertiary/aromatic N) is 2. The number of amides is 1. The van der Waals surface area contributed by atoms with Gasteiger partial charge in [0.15, 0.2) is 0 Å². The zero-order valence-electron chi connectivity index (χ0n) is 9.22. The lowest BCUT2D eigenvalue weighted by Crippen LogP contribution is -2.12. The van der Waals surface area contributed by atoms with E-state index < -0.39 is 0 Å². The fourth-order valence-corrected chi connectivity index (χ4v) is 1.49. The molecule has 0 fully saturated rings. The predicted octanol–water partition coefficient (Wildman–Crippen LogP) is 2.86. The van der Waals surface area contributed by atoms with Crippen LogP contribution >= 0.6 is 11.6 Å². The Morgan fingerprint density at radius 1 is 1.33 bits per heavy atom. The lowest BCUT2D eigenvalue weighted by atomic mass is 10.2. The van der Waals surface area contributed by atoms with Gasteiger partial charge in [-0.15, -0.1) is 0 Å². The van der Waals surface area contributed by atoms with E-state index in [-0.39, 0.29) is 5.91 Å². The molecule has 4 nitrogen and oxygen atoms in total. The maximum atomic E-state index is 11.8. The molecule has 0 radical (unpaired) electrons. The minimum absolute atomic E-state index is 0.297. The average molecular weight is 258 g/mol. The van der Waals surface area contributed by atoms with E-state index in [9.17, 15) is 4.79 Å². The highest BCUT2D eigenvalue weighted by Crippen LogP contribution is 2.12. The summed E-state index contributed by atoms with van der Waals surface area (Å²) in [6.07, 6.45) is 1.39. The molecule has 0 saturated heterocycles. The summed E-state index contributed by atoms with van der Waals surface area (Å²) < 4.78 is 0. The number of carbonyl (C=O) groups excluding carboxylic acids is 1. The molecule has 2 aromatic rings. The fourth-order valence-electron chi connectivity index (χ4n) is 1.38. The Morgan fingerprint density at radius 2 is 2.17 bits per heavy atom. The molecule has 0 saturated carbocycles. The number of hydrogen-bond donors (Lipinski definition) is 1. The van der Waals surface area contributed by atoms with Crippen LogP contribution in [0.3, 0.4) is 0 Å². The van der Waals surface area contributed by atoms with Gasteiger partial charge in [0.05, 0.1) is 17.2 Å². The van der Waals surface area contributed by atoms with Crippen LogP contribution in [-0.4, -0.2) is 10.9 Å². The summed E-state index contributed by atoms with van der Waals surface area (Å²) in [7, 11) is 0. The molecular formula is C13H8ClN3O. The summed E-state index contributed by atoms with van der Waals surface area (Å²) in [6, 6.07) is 11.8. The van der Waals surface area contributed by atoms with Crippen LogP contribution in [-0.2, 0) is 0 Å². The summed E-state index contributed by atoms with van der Waals surface area (Å²) in [5.41, 5.74) is 1.46. The summed E-state index contributed by atoms with van der Waals surface area (Å²) in [6.45, 7) is 0. The SMILES string of the molecule is N#Cc1cccc(NC(=O)c2ccc(Cl)nc2)c1. The fraction of sp³-hybridized carbons (Fsp3) is 0. The maximum Gasteiger partial charge on any atom is 0.257 e. The number of pyridine rings is 1. The first-order valence-electron chi connectivity index (χ1n) is 5.12. The van der Waals surface area contributed by atoms with Gasteiger partial charge >= 0.3 is 0 Å². The molecule has 1 heterocycles. The van der Waals surface area contributed by atoms with E-state index in [1.54, 1.807) is 36.4 Å². The average Bonchev–Trinajstić information content (AvgIpc) is 2.39. The minimum Gasteiger partial charge on any atom is -0.322 e. The first-order valence-corrected chi connectivity index (χ1v) is 5.50. The smallest absolute Gasteiger partial charge is 0.257 e. The van der Waals surface area contributed by atoms with E-state index in [2.05, 4.69) is 10.3 Å². The number of carbonyl (C=O) groups is 1. The topological polar surface area (TPSA) is 65.8 Å². The van der Waals surface area contributed by atoms with E-state index in [1.807, 2.05) is 6.07 Å². The molecule has 0 atom stereocenters. The molecule has 1 N–H and O–H groups in total. The summed E-state index contributed by atoms with van der Waals surface area (Å²) in [5.74, 6) is -0.297. The van der Waals surface area contributed by atoms with Crippen molar-refractivity contribution >= 4 is 23.2 Å². The van der Waals surface area contributed by atoms with Crippen molar-refractivity contribution in [2.75, 3.05) is 5.32 Å². The third-order valence-corrected chi connectivity index (χ3v) is 2.46. The van der Waals surface area contributed by atoms with E-state index in [0.717, 1.165) is 0 Å². The van der Waals surface area contributed by atoms with Crippen LogP contribution in [0.4, 0.5) is 5.69 Å². The number of aromatic nitrogens is 1. The Hall–Kier alpha value is -2.38. The van der Waals surface area contributed by atoms with Gasteiger partial charge in [-0.3, -0.25) is 4.79 Å². The second-order valence-electron chi connectivity index (χ2n) is 3.52. The van der Waals surface area contributed by atoms with Crippen LogP contribution < -0.4 is 5.32 Å². The maximum absolute atomic E-state index is 11.8. The van der Waals surface area contributed by atoms with Crippen LogP contribution in [0.1, 0.15) is 15.9 Å². The van der Waals surface area contributed by atoms with Gasteiger partial charge in [-0.2, -0.15) is 5.26 Å². The Bertz CT molecular complexity index is 617. The van der Waals surface area contributed by atoms with Gasteiger partial charge in [0.2, 0.25) is 0 Å². The lowest BCUT2D eigenvalue weighted by Gasteiger charge is -2.05. The lowest BCUT2D eigenvalue weighted by molar-refractivity contribution is 0.102. The molecule has 5 heteroatoms. The summed E-state index contributed by atoms with van der Waals surface area (Å²) in [4.78, 5) is 15.7. The van der Waals surface area contributed by atoms with E-state index in [0.29, 0.717) is 22.0 Å². The van der Waals surface area contributed by atoms with Gasteiger partial charge in [0.25, 0.3) is 5.91 Å². The molecular weight excluding hydrogens is 250 g/mol. The molecule has 1 amide bonds. The monoisotopic (exact) mass is 257 g/mol. The molecule has 1 aromatic heterocycles. The van der Waals surface area contributed by atoms with Gasteiger partial charge in [-0.1, -0.05) is 17.7 Å². The van der Waals surface area contributed by atoms with Crippen molar-refractivity contribution in [1.29, 1.82) is 5.26 Å². The van der Waals surface area contributed by atoms with Gasteiger partial charge in [-0.25, -0.2) is 4.98 Å². The zero-order valence-corrected chi connectivity index (χ0v) is 9.98. The molecule has 0 aliphatic carbocycles. The van der Waals surface area contributed by atoms with Crippen LogP contribution in [0.15, 0.2) is 42.6 Å². The van der Waals surface area contributed by atoms with Crippen LogP contribution in [0.2, 0.25) is 5.15 Å². The quantitative estimate of drug-likeness (QED) is 0.842. The van der Waals surface area contributed by atoms with Crippen LogP contribution in [0, 0.1) is 11.3 Å². The third kappa shape index (κ3) is 2.84. The first kappa shape index (κ1) is 12.1. The molecule has 0 aliphatic heterocycles. The van der Waals surface area contributed by atoms with Crippen molar-refractivity contribution < 1.29 is 4.79 Å². The highest BCUT2D eigenvalue weighted by atomic mass is 35.5. The normalized spacial score (nSPS) is 9.56. The second-order valence-corrected chi connectivity index (χ2v) is 3.90. The molecule has 1 aromatic carbocycles. The third-order valence-electron chi connectivity index (χ3n) is 2.24. The molecule has 0 aliphatic rings. The second kappa shape index (κ2) is 5.30. The number of halogens is 1. The highest BCUT2D eigenvalue weighted by Gasteiger charge is 2.06. The molecule has 2 rings (SSSR count). The van der Waals surface area contributed by atoms with Gasteiger partial charge < -0.3 is 5.32 Å². The van der Waals surface area contributed by atoms with E-state index >= 15 is 0 Å². The highest BCUT2D eigenvalue weighted by molar-refractivity contribution is 6.29. The number of anilines is 1. The largest absolute Gasteiger partial charge is 0.322 e. The molecule has 0 unspecified atom stereocenters. The predicted molar refractivity (Wildman–Crippen MR) is 68.4 cm³/mol. The van der Waals surface area contributed by atoms with Crippen molar-refractivity contribution in [3.05, 3.63) is 58.9 Å². The van der Waals surface area contributed by atoms with E-state index in [1.165, 1.54) is 6.20 Å². The van der Waals surface area contributed by atoms with Crippen LogP contribution in [0.25, 0.3) is 0 Å². The Labute approximate surface area is 109 Å². The summed E-state index contributed by atoms with van der Waals surface area (Å²) >= 11 is 5.64. The number of nitriles is 1. The zero-order chi connectivity index (χ0) is 13.0. The molecule has 18 heavy (non-hydrogen) atoms. The number of benzene rings is 1. The van der Waals surface area contributed by atoms with Crippen molar-refractivity contribution in [2.45, 2.75) is 0 Å². The van der Waals surface area contributed by atoms with Gasteiger partial charge in [-0.05, 0) is 30.3 Å². The molecule has 0 spiro atoms. The minimum atomic E-state index is -0.297. The van der Waals surface area contributed by atoms with E-state index in [4.69, 9.17) is 16.9 Å². The van der Waals surface area contributed by atoms with Crippen molar-refractivity contribution in [1.82, 2.24) is 4.98 Å². The standard InChI is InChI=1S/C13H8ClN3O/c14-12-5-4-10(8-16-12)13(18)17-11-3-1-2-9(6-11)7-15/h1-6,8H,(H,17,18). The number of nitrogens with one attached hydrogen (secondary N) is 1. The van der Waals surface area contributed by atoms with Crippen LogP contribution in [0.5, 0.6) is 0 Å². The Kier molecular flexibility index (Phi) is 3.56. The Balaban J connectivity index is 2.16. The molecule has 0 bridgehead atoms. The first-order chi connectivity index (χ1) is 8.69. The van der Waals surface area contributed by atoms with Crippen molar-refractivity contribution in [3.8, 4) is 6.07 Å². The van der Waals surface area contributed by atoms with Crippen molar-refractivity contribution in [2.24, 2.45) is 0 Å². The van der Waals surface area contributed by atoms with Gasteiger partial charge in [0.1, 0.15) is 5.15 Å². The molecule has 88 valence electrons. The van der Waals surface area contributed by atoms with Crippen molar-refractivity contribution in [3.63, 3.8) is 0 Å². The number of rotatable bonds is 2. The summed E-state index contributed by atoms with van der Waals surface area (Å²) in [5, 5.41) is 11.8. The Morgan fingerprint density at radius 3 is 2.83 bits per heavy atom.